The molecule has 0 aliphatic rings. The number of nitrogens with one attached hydrogen (secondary N) is 2. The number of hydrogen-bond donors (Lipinski definition) is 2. The number of benzene rings is 1. The Morgan fingerprint density at radius 1 is 1.19 bits per heavy atom. The molecule has 21 heavy (non-hydrogen) atoms. The lowest BCUT2D eigenvalue weighted by atomic mass is 10.2. The van der Waals surface area contributed by atoms with Crippen molar-refractivity contribution in [2.45, 2.75) is 6.54 Å². The van der Waals surface area contributed by atoms with Crippen LogP contribution in [0.1, 0.15) is 16.1 Å². The van der Waals surface area contributed by atoms with Crippen molar-refractivity contribution in [3.63, 3.8) is 0 Å². The zero-order chi connectivity index (χ0) is 15.2. The normalized spacial score (nSPS) is 9.95. The molecule has 0 radical (unpaired) electrons. The summed E-state index contributed by atoms with van der Waals surface area (Å²) in [5, 5.41) is 23.6. The zero-order valence-electron chi connectivity index (χ0n) is 11.2. The molecule has 0 atom stereocenters. The maximum atomic E-state index is 11.9. The lowest BCUT2D eigenvalue weighted by Gasteiger charge is -2.05. The van der Waals surface area contributed by atoms with Crippen LogP contribution in [0.3, 0.4) is 0 Å². The van der Waals surface area contributed by atoms with Crippen LogP contribution in [0.5, 0.6) is 0 Å². The number of nitro groups is 1. The van der Waals surface area contributed by atoms with Crippen molar-refractivity contribution in [3.8, 4) is 0 Å². The molecule has 108 valence electrons. The second kappa shape index (κ2) is 6.42. The molecule has 0 unspecified atom stereocenters. The van der Waals surface area contributed by atoms with Gasteiger partial charge in [0, 0.05) is 25.7 Å². The number of non-ortho nitro benzene ring substituents is 1. The van der Waals surface area contributed by atoms with Gasteiger partial charge in [-0.25, -0.2) is 0 Å². The Labute approximate surface area is 120 Å². The topological polar surface area (TPSA) is 110 Å². The largest absolute Gasteiger partial charge is 0.372 e. The second-order valence-corrected chi connectivity index (χ2v) is 4.16. The van der Waals surface area contributed by atoms with Crippen LogP contribution in [-0.4, -0.2) is 28.1 Å². The minimum absolute atomic E-state index is 0.0126. The molecule has 2 N–H and O–H groups in total. The van der Waals surface area contributed by atoms with E-state index in [1.165, 1.54) is 12.1 Å². The van der Waals surface area contributed by atoms with Crippen molar-refractivity contribution < 1.29 is 9.72 Å². The van der Waals surface area contributed by atoms with E-state index in [1.54, 1.807) is 31.3 Å². The van der Waals surface area contributed by atoms with Crippen LogP contribution in [0.4, 0.5) is 11.5 Å². The summed E-state index contributed by atoms with van der Waals surface area (Å²) in [6, 6.07) is 9.17. The smallest absolute Gasteiger partial charge is 0.272 e. The molecule has 0 fully saturated rings. The summed E-state index contributed by atoms with van der Waals surface area (Å²) in [6.45, 7) is 0.256. The average Bonchev–Trinajstić information content (AvgIpc) is 2.53. The van der Waals surface area contributed by atoms with Gasteiger partial charge in [-0.3, -0.25) is 14.9 Å². The number of nitrogens with zero attached hydrogens (tertiary/aromatic N) is 3. The van der Waals surface area contributed by atoms with Gasteiger partial charge < -0.3 is 10.6 Å². The Balaban J connectivity index is 1.95. The van der Waals surface area contributed by atoms with Gasteiger partial charge in [-0.05, 0) is 17.7 Å². The van der Waals surface area contributed by atoms with Crippen molar-refractivity contribution >= 4 is 17.4 Å². The first-order valence-corrected chi connectivity index (χ1v) is 6.13. The van der Waals surface area contributed by atoms with Gasteiger partial charge in [0.1, 0.15) is 5.82 Å². The molecule has 0 aliphatic carbocycles. The molecule has 0 bridgehead atoms. The summed E-state index contributed by atoms with van der Waals surface area (Å²) < 4.78 is 0. The van der Waals surface area contributed by atoms with Gasteiger partial charge in [0.25, 0.3) is 11.6 Å². The first-order valence-electron chi connectivity index (χ1n) is 6.13. The fraction of sp³-hybridized carbons (Fsp3) is 0.154. The van der Waals surface area contributed by atoms with Gasteiger partial charge in [-0.1, -0.05) is 12.1 Å². The maximum absolute atomic E-state index is 11.9. The van der Waals surface area contributed by atoms with Gasteiger partial charge in [0.05, 0.1) is 4.92 Å². The van der Waals surface area contributed by atoms with Crippen molar-refractivity contribution in [2.24, 2.45) is 0 Å². The van der Waals surface area contributed by atoms with Gasteiger partial charge in [0.15, 0.2) is 5.69 Å². The Morgan fingerprint density at radius 3 is 2.43 bits per heavy atom. The molecule has 0 spiro atoms. The summed E-state index contributed by atoms with van der Waals surface area (Å²) in [7, 11) is 1.71. The minimum atomic E-state index is -0.471. The highest BCUT2D eigenvalue weighted by Crippen LogP contribution is 2.11. The fourth-order valence-corrected chi connectivity index (χ4v) is 1.60. The molecule has 1 amide bonds. The molecule has 8 nitrogen and oxygen atoms in total. The van der Waals surface area contributed by atoms with Gasteiger partial charge in [-0.15, -0.1) is 10.2 Å². The second-order valence-electron chi connectivity index (χ2n) is 4.16. The molecule has 1 aromatic carbocycles. The number of rotatable bonds is 5. The first kappa shape index (κ1) is 14.4. The quantitative estimate of drug-likeness (QED) is 0.634. The molecule has 2 aromatic rings. The highest BCUT2D eigenvalue weighted by atomic mass is 16.6. The molecular weight excluding hydrogens is 274 g/mol. The van der Waals surface area contributed by atoms with Crippen LogP contribution in [0.15, 0.2) is 36.4 Å². The van der Waals surface area contributed by atoms with E-state index in [2.05, 4.69) is 20.8 Å². The van der Waals surface area contributed by atoms with Gasteiger partial charge >= 0.3 is 0 Å². The van der Waals surface area contributed by atoms with Crippen molar-refractivity contribution in [3.05, 3.63) is 57.8 Å². The van der Waals surface area contributed by atoms with E-state index < -0.39 is 4.92 Å². The summed E-state index contributed by atoms with van der Waals surface area (Å²) in [5.74, 6) is 0.213. The predicted octanol–water partition coefficient (Wildman–Crippen LogP) is 1.36. The number of carbonyl (C=O) groups is 1. The van der Waals surface area contributed by atoms with E-state index >= 15 is 0 Å². The SMILES string of the molecule is CNc1ccc(C(=O)NCc2ccc([N+](=O)[O-])cc2)nn1. The Hall–Kier alpha value is -3.03. The van der Waals surface area contributed by atoms with E-state index in [1.807, 2.05) is 0 Å². The van der Waals surface area contributed by atoms with E-state index in [0.29, 0.717) is 5.82 Å². The molecular formula is C13H13N5O3. The molecule has 0 saturated heterocycles. The molecule has 8 heteroatoms. The maximum Gasteiger partial charge on any atom is 0.272 e. The highest BCUT2D eigenvalue weighted by Gasteiger charge is 2.08. The highest BCUT2D eigenvalue weighted by molar-refractivity contribution is 5.92. The standard InChI is InChI=1S/C13H13N5O3/c1-14-12-7-6-11(16-17-12)13(19)15-8-9-2-4-10(5-3-9)18(20)21/h2-7H,8H2,1H3,(H,14,17)(H,15,19). The van der Waals surface area contributed by atoms with Gasteiger partial charge in [-0.2, -0.15) is 0 Å². The van der Waals surface area contributed by atoms with Crippen LogP contribution in [0.2, 0.25) is 0 Å². The lowest BCUT2D eigenvalue weighted by Crippen LogP contribution is -2.24. The minimum Gasteiger partial charge on any atom is -0.372 e. The van der Waals surface area contributed by atoms with Crippen LogP contribution in [0.25, 0.3) is 0 Å². The number of hydrogen-bond acceptors (Lipinski definition) is 6. The number of carbonyl (C=O) groups excluding carboxylic acids is 1. The monoisotopic (exact) mass is 287 g/mol. The van der Waals surface area contributed by atoms with Crippen LogP contribution < -0.4 is 10.6 Å². The van der Waals surface area contributed by atoms with E-state index in [4.69, 9.17) is 0 Å². The fourth-order valence-electron chi connectivity index (χ4n) is 1.60. The van der Waals surface area contributed by atoms with Crippen molar-refractivity contribution in [2.75, 3.05) is 12.4 Å². The molecule has 1 heterocycles. The van der Waals surface area contributed by atoms with Crippen LogP contribution in [0, 0.1) is 10.1 Å². The van der Waals surface area contributed by atoms with Crippen LogP contribution in [-0.2, 0) is 6.54 Å². The first-order chi connectivity index (χ1) is 10.1. The third-order valence-corrected chi connectivity index (χ3v) is 2.75. The third kappa shape index (κ3) is 3.72. The number of amides is 1. The predicted molar refractivity (Wildman–Crippen MR) is 75.8 cm³/mol. The van der Waals surface area contributed by atoms with Crippen molar-refractivity contribution in [1.82, 2.24) is 15.5 Å². The van der Waals surface area contributed by atoms with Crippen LogP contribution >= 0.6 is 0 Å². The van der Waals surface area contributed by atoms with Crippen molar-refractivity contribution in [1.29, 1.82) is 0 Å². The lowest BCUT2D eigenvalue weighted by molar-refractivity contribution is -0.384. The Bertz CT molecular complexity index is 640. The van der Waals surface area contributed by atoms with E-state index in [9.17, 15) is 14.9 Å². The number of anilines is 1. The molecule has 2 rings (SSSR count). The number of nitro benzene ring substituents is 1. The average molecular weight is 287 g/mol. The van der Waals surface area contributed by atoms with Gasteiger partial charge in [0.2, 0.25) is 0 Å². The third-order valence-electron chi connectivity index (χ3n) is 2.75. The number of aromatic nitrogens is 2. The summed E-state index contributed by atoms with van der Waals surface area (Å²) in [6.07, 6.45) is 0. The zero-order valence-corrected chi connectivity index (χ0v) is 11.2. The van der Waals surface area contributed by atoms with E-state index in [-0.39, 0.29) is 23.8 Å². The Kier molecular flexibility index (Phi) is 4.39. The molecule has 0 aliphatic heterocycles. The molecule has 0 saturated carbocycles. The summed E-state index contributed by atoms with van der Waals surface area (Å²) >= 11 is 0. The summed E-state index contributed by atoms with van der Waals surface area (Å²) in [4.78, 5) is 21.9. The summed E-state index contributed by atoms with van der Waals surface area (Å²) in [5.41, 5.74) is 0.975. The Morgan fingerprint density at radius 2 is 1.90 bits per heavy atom. The molecule has 1 aromatic heterocycles. The van der Waals surface area contributed by atoms with E-state index in [0.717, 1.165) is 5.56 Å².